The molecule has 2 N–H and O–H groups in total. The SMILES string of the molecule is O=C(O)c1cc(Cl)c2c(c1)[C@H]1C=CC[C@H]1[C@H](c1ccc3c(c1)OCO3)N2. The Hall–Kier alpha value is -2.66. The summed E-state index contributed by atoms with van der Waals surface area (Å²) in [6, 6.07) is 9.29. The maximum atomic E-state index is 11.4. The highest BCUT2D eigenvalue weighted by Gasteiger charge is 2.39. The van der Waals surface area contributed by atoms with Gasteiger partial charge < -0.3 is 19.9 Å². The van der Waals surface area contributed by atoms with Crippen LogP contribution in [0.25, 0.3) is 0 Å². The van der Waals surface area contributed by atoms with Crippen LogP contribution in [-0.4, -0.2) is 17.9 Å². The standard InChI is InChI=1S/C20H16ClNO4/c21-15-7-11(20(23)24)6-14-12-2-1-3-13(12)18(22-19(14)15)10-4-5-16-17(8-10)26-9-25-16/h1-2,4-8,12-13,18,22H,3,9H2,(H,23,24)/t12-,13+,18-/m0/s1. The van der Waals surface area contributed by atoms with Gasteiger partial charge in [0.15, 0.2) is 11.5 Å². The summed E-state index contributed by atoms with van der Waals surface area (Å²) < 4.78 is 10.9. The number of carboxylic acids is 1. The van der Waals surface area contributed by atoms with Crippen LogP contribution in [0.15, 0.2) is 42.5 Å². The summed E-state index contributed by atoms with van der Waals surface area (Å²) in [5.41, 5.74) is 3.09. The Balaban J connectivity index is 1.60. The number of halogens is 1. The number of allylic oxidation sites excluding steroid dienone is 2. The highest BCUT2D eigenvalue weighted by atomic mass is 35.5. The molecule has 26 heavy (non-hydrogen) atoms. The molecule has 0 aromatic heterocycles. The van der Waals surface area contributed by atoms with E-state index in [1.54, 1.807) is 6.07 Å². The van der Waals surface area contributed by atoms with Crippen LogP contribution in [0.1, 0.15) is 39.9 Å². The van der Waals surface area contributed by atoms with Gasteiger partial charge in [0.25, 0.3) is 0 Å². The molecule has 5 rings (SSSR count). The van der Waals surface area contributed by atoms with Crippen molar-refractivity contribution < 1.29 is 19.4 Å². The Kier molecular flexibility index (Phi) is 3.40. The number of carboxylic acid groups (broad SMARTS) is 1. The number of aromatic carboxylic acids is 1. The number of hydrogen-bond acceptors (Lipinski definition) is 4. The molecule has 0 saturated heterocycles. The number of ether oxygens (including phenoxy) is 2. The summed E-state index contributed by atoms with van der Waals surface area (Å²) in [6.07, 6.45) is 5.24. The third-order valence-corrected chi connectivity index (χ3v) is 5.72. The fourth-order valence-electron chi connectivity index (χ4n) is 4.22. The van der Waals surface area contributed by atoms with Gasteiger partial charge >= 0.3 is 5.97 Å². The molecule has 132 valence electrons. The van der Waals surface area contributed by atoms with Gasteiger partial charge in [-0.15, -0.1) is 0 Å². The van der Waals surface area contributed by atoms with E-state index < -0.39 is 5.97 Å². The Bertz CT molecular complexity index is 955. The van der Waals surface area contributed by atoms with E-state index in [0.29, 0.717) is 10.9 Å². The van der Waals surface area contributed by atoms with Crippen molar-refractivity contribution in [2.75, 3.05) is 12.1 Å². The minimum atomic E-state index is -0.967. The monoisotopic (exact) mass is 369 g/mol. The molecule has 0 unspecified atom stereocenters. The zero-order valence-corrected chi connectivity index (χ0v) is 14.5. The van der Waals surface area contributed by atoms with E-state index in [0.717, 1.165) is 34.7 Å². The Labute approximate surface area is 155 Å². The summed E-state index contributed by atoms with van der Waals surface area (Å²) in [7, 11) is 0. The normalized spacial score (nSPS) is 24.7. The van der Waals surface area contributed by atoms with Gasteiger partial charge in [-0.3, -0.25) is 0 Å². The topological polar surface area (TPSA) is 67.8 Å². The predicted molar refractivity (Wildman–Crippen MR) is 97.3 cm³/mol. The van der Waals surface area contributed by atoms with E-state index in [1.165, 1.54) is 6.07 Å². The number of rotatable bonds is 2. The minimum Gasteiger partial charge on any atom is -0.478 e. The molecule has 0 fully saturated rings. The van der Waals surface area contributed by atoms with Crippen molar-refractivity contribution in [3.8, 4) is 11.5 Å². The molecule has 3 aliphatic rings. The fourth-order valence-corrected chi connectivity index (χ4v) is 4.50. The summed E-state index contributed by atoms with van der Waals surface area (Å²) in [5.74, 6) is 0.979. The molecule has 1 aliphatic carbocycles. The Morgan fingerprint density at radius 1 is 1.19 bits per heavy atom. The molecule has 0 saturated carbocycles. The lowest BCUT2D eigenvalue weighted by atomic mass is 9.76. The van der Waals surface area contributed by atoms with Crippen LogP contribution >= 0.6 is 11.6 Å². The summed E-state index contributed by atoms with van der Waals surface area (Å²) in [5, 5.41) is 13.3. The summed E-state index contributed by atoms with van der Waals surface area (Å²) in [6.45, 7) is 0.247. The van der Waals surface area contributed by atoms with E-state index >= 15 is 0 Å². The first-order chi connectivity index (χ1) is 12.6. The number of carbonyl (C=O) groups is 1. The number of anilines is 1. The van der Waals surface area contributed by atoms with Crippen molar-refractivity contribution >= 4 is 23.3 Å². The van der Waals surface area contributed by atoms with Gasteiger partial charge in [0.2, 0.25) is 6.79 Å². The quantitative estimate of drug-likeness (QED) is 0.757. The number of benzene rings is 2. The van der Waals surface area contributed by atoms with Crippen molar-refractivity contribution in [2.24, 2.45) is 5.92 Å². The van der Waals surface area contributed by atoms with Gasteiger partial charge in [0, 0.05) is 5.92 Å². The van der Waals surface area contributed by atoms with Crippen LogP contribution in [0.2, 0.25) is 5.02 Å². The zero-order valence-electron chi connectivity index (χ0n) is 13.7. The third kappa shape index (κ3) is 2.27. The van der Waals surface area contributed by atoms with Crippen molar-refractivity contribution in [1.82, 2.24) is 0 Å². The smallest absolute Gasteiger partial charge is 0.335 e. The first kappa shape index (κ1) is 15.6. The van der Waals surface area contributed by atoms with Crippen LogP contribution < -0.4 is 14.8 Å². The van der Waals surface area contributed by atoms with Crippen LogP contribution in [0.3, 0.4) is 0 Å². The maximum Gasteiger partial charge on any atom is 0.335 e. The molecule has 0 bridgehead atoms. The average molecular weight is 370 g/mol. The average Bonchev–Trinajstić information content (AvgIpc) is 3.29. The molecule has 3 atom stereocenters. The molecule has 5 nitrogen and oxygen atoms in total. The highest BCUT2D eigenvalue weighted by molar-refractivity contribution is 6.33. The first-order valence-electron chi connectivity index (χ1n) is 8.51. The van der Waals surface area contributed by atoms with Crippen LogP contribution in [0.5, 0.6) is 11.5 Å². The largest absolute Gasteiger partial charge is 0.478 e. The molecular formula is C20H16ClNO4. The third-order valence-electron chi connectivity index (χ3n) is 5.42. The van der Waals surface area contributed by atoms with E-state index in [-0.39, 0.29) is 24.3 Å². The second kappa shape index (κ2) is 5.68. The highest BCUT2D eigenvalue weighted by Crippen LogP contribution is 2.52. The molecule has 0 spiro atoms. The molecule has 0 amide bonds. The fraction of sp³-hybridized carbons (Fsp3) is 0.250. The van der Waals surface area contributed by atoms with E-state index in [1.807, 2.05) is 18.2 Å². The van der Waals surface area contributed by atoms with Gasteiger partial charge in [0.05, 0.1) is 22.3 Å². The van der Waals surface area contributed by atoms with Crippen molar-refractivity contribution in [2.45, 2.75) is 18.4 Å². The first-order valence-corrected chi connectivity index (χ1v) is 8.89. The van der Waals surface area contributed by atoms with E-state index in [2.05, 4.69) is 17.5 Å². The van der Waals surface area contributed by atoms with Gasteiger partial charge in [-0.1, -0.05) is 29.8 Å². The second-order valence-electron chi connectivity index (χ2n) is 6.82. The van der Waals surface area contributed by atoms with Gasteiger partial charge in [0.1, 0.15) is 0 Å². The number of fused-ring (bicyclic) bond motifs is 4. The van der Waals surface area contributed by atoms with Crippen LogP contribution in [0.4, 0.5) is 5.69 Å². The second-order valence-corrected chi connectivity index (χ2v) is 7.22. The van der Waals surface area contributed by atoms with E-state index in [9.17, 15) is 9.90 Å². The molecule has 6 heteroatoms. The summed E-state index contributed by atoms with van der Waals surface area (Å²) >= 11 is 6.43. The minimum absolute atomic E-state index is 0.0604. The van der Waals surface area contributed by atoms with Crippen LogP contribution in [-0.2, 0) is 0 Å². The predicted octanol–water partition coefficient (Wildman–Crippen LogP) is 4.59. The lowest BCUT2D eigenvalue weighted by molar-refractivity contribution is 0.0696. The Morgan fingerprint density at radius 3 is 2.88 bits per heavy atom. The maximum absolute atomic E-state index is 11.4. The molecule has 2 aromatic carbocycles. The number of nitrogens with one attached hydrogen (secondary N) is 1. The van der Waals surface area contributed by atoms with Gasteiger partial charge in [-0.25, -0.2) is 4.79 Å². The van der Waals surface area contributed by atoms with E-state index in [4.69, 9.17) is 21.1 Å². The lowest BCUT2D eigenvalue weighted by Gasteiger charge is -2.38. The molecule has 2 aromatic rings. The van der Waals surface area contributed by atoms with Gasteiger partial charge in [-0.05, 0) is 47.7 Å². The number of hydrogen-bond donors (Lipinski definition) is 2. The van der Waals surface area contributed by atoms with Crippen molar-refractivity contribution in [3.63, 3.8) is 0 Å². The zero-order chi connectivity index (χ0) is 17.8. The van der Waals surface area contributed by atoms with Gasteiger partial charge in [-0.2, -0.15) is 0 Å². The summed E-state index contributed by atoms with van der Waals surface area (Å²) in [4.78, 5) is 11.4. The Morgan fingerprint density at radius 2 is 2.04 bits per heavy atom. The molecule has 2 aliphatic heterocycles. The van der Waals surface area contributed by atoms with Crippen molar-refractivity contribution in [3.05, 3.63) is 64.2 Å². The molecule has 0 radical (unpaired) electrons. The molecule has 2 heterocycles. The molecular weight excluding hydrogens is 354 g/mol. The van der Waals surface area contributed by atoms with Crippen LogP contribution in [0, 0.1) is 5.92 Å². The van der Waals surface area contributed by atoms with Crippen molar-refractivity contribution in [1.29, 1.82) is 0 Å². The lowest BCUT2D eigenvalue weighted by Crippen LogP contribution is -2.29.